The third-order valence-electron chi connectivity index (χ3n) is 3.26. The summed E-state index contributed by atoms with van der Waals surface area (Å²) < 4.78 is 21.3. The van der Waals surface area contributed by atoms with Gasteiger partial charge in [0, 0.05) is 13.0 Å². The Bertz CT molecular complexity index is 508. The SMILES string of the molecule is CC=CC(=O)C=CC(=O)OC1COC2C(OC(C)=O)COC12. The Kier molecular flexibility index (Phi) is 5.46. The van der Waals surface area contributed by atoms with Crippen LogP contribution in [0.5, 0.6) is 0 Å². The molecule has 0 saturated carbocycles. The summed E-state index contributed by atoms with van der Waals surface area (Å²) in [5.41, 5.74) is 0. The Morgan fingerprint density at radius 1 is 0.955 bits per heavy atom. The molecule has 0 N–H and O–H groups in total. The Balaban J connectivity index is 1.86. The van der Waals surface area contributed by atoms with E-state index in [9.17, 15) is 14.4 Å². The van der Waals surface area contributed by atoms with Gasteiger partial charge in [-0.2, -0.15) is 0 Å². The molecule has 0 amide bonds. The molecule has 4 unspecified atom stereocenters. The molecule has 4 atom stereocenters. The number of allylic oxidation sites excluding steroid dienone is 3. The molecule has 2 aliphatic heterocycles. The van der Waals surface area contributed by atoms with E-state index in [0.717, 1.165) is 12.2 Å². The average Bonchev–Trinajstić information content (AvgIpc) is 3.01. The standard InChI is InChI=1S/C15H18O7/c1-3-4-10(17)5-6-13(18)22-12-8-20-14-11(21-9(2)16)7-19-15(12)14/h3-6,11-12,14-15H,7-8H2,1-2H3. The van der Waals surface area contributed by atoms with Gasteiger partial charge in [-0.1, -0.05) is 6.08 Å². The van der Waals surface area contributed by atoms with Crippen molar-refractivity contribution in [3.63, 3.8) is 0 Å². The Hall–Kier alpha value is -1.99. The second-order valence-corrected chi connectivity index (χ2v) is 4.95. The zero-order valence-electron chi connectivity index (χ0n) is 12.4. The number of ether oxygens (including phenoxy) is 4. The third-order valence-corrected chi connectivity index (χ3v) is 3.26. The van der Waals surface area contributed by atoms with Crippen LogP contribution in [0.2, 0.25) is 0 Å². The molecule has 0 radical (unpaired) electrons. The molecule has 0 spiro atoms. The fourth-order valence-corrected chi connectivity index (χ4v) is 2.40. The molecule has 2 aliphatic rings. The topological polar surface area (TPSA) is 88.1 Å². The molecular weight excluding hydrogens is 292 g/mol. The van der Waals surface area contributed by atoms with Crippen LogP contribution < -0.4 is 0 Å². The van der Waals surface area contributed by atoms with Crippen molar-refractivity contribution in [3.05, 3.63) is 24.3 Å². The lowest BCUT2D eigenvalue weighted by molar-refractivity contribution is -0.151. The van der Waals surface area contributed by atoms with E-state index < -0.39 is 36.4 Å². The van der Waals surface area contributed by atoms with Crippen LogP contribution in [0.1, 0.15) is 13.8 Å². The quantitative estimate of drug-likeness (QED) is 0.534. The van der Waals surface area contributed by atoms with Gasteiger partial charge in [-0.25, -0.2) is 4.79 Å². The lowest BCUT2D eigenvalue weighted by Crippen LogP contribution is -2.35. The summed E-state index contributed by atoms with van der Waals surface area (Å²) in [4.78, 5) is 33.9. The summed E-state index contributed by atoms with van der Waals surface area (Å²) in [5.74, 6) is -1.36. The van der Waals surface area contributed by atoms with Crippen LogP contribution in [-0.4, -0.2) is 55.4 Å². The lowest BCUT2D eigenvalue weighted by Gasteiger charge is -2.16. The normalized spacial score (nSPS) is 30.6. The number of fused-ring (bicyclic) bond motifs is 1. The lowest BCUT2D eigenvalue weighted by atomic mass is 10.1. The molecule has 7 heteroatoms. The third kappa shape index (κ3) is 4.02. The summed E-state index contributed by atoms with van der Waals surface area (Å²) >= 11 is 0. The highest BCUT2D eigenvalue weighted by atomic mass is 16.7. The zero-order chi connectivity index (χ0) is 16.1. The van der Waals surface area contributed by atoms with E-state index in [1.165, 1.54) is 13.0 Å². The van der Waals surface area contributed by atoms with Crippen molar-refractivity contribution in [2.45, 2.75) is 38.3 Å². The van der Waals surface area contributed by atoms with Gasteiger partial charge in [-0.05, 0) is 19.1 Å². The molecule has 22 heavy (non-hydrogen) atoms. The average molecular weight is 310 g/mol. The maximum atomic E-state index is 11.7. The summed E-state index contributed by atoms with van der Waals surface area (Å²) in [5, 5.41) is 0. The molecule has 0 aromatic carbocycles. The van der Waals surface area contributed by atoms with Gasteiger partial charge in [0.1, 0.15) is 12.2 Å². The molecule has 0 aliphatic carbocycles. The number of carbonyl (C=O) groups is 3. The second-order valence-electron chi connectivity index (χ2n) is 4.95. The van der Waals surface area contributed by atoms with Crippen LogP contribution in [0.3, 0.4) is 0 Å². The number of hydrogen-bond acceptors (Lipinski definition) is 7. The maximum Gasteiger partial charge on any atom is 0.331 e. The number of hydrogen-bond donors (Lipinski definition) is 0. The number of esters is 2. The molecule has 2 rings (SSSR count). The first-order valence-electron chi connectivity index (χ1n) is 6.97. The van der Waals surface area contributed by atoms with E-state index in [1.807, 2.05) is 0 Å². The highest BCUT2D eigenvalue weighted by Crippen LogP contribution is 2.30. The first kappa shape index (κ1) is 16.4. The predicted octanol–water partition coefficient (Wildman–Crippen LogP) is 0.329. The van der Waals surface area contributed by atoms with E-state index in [2.05, 4.69) is 0 Å². The van der Waals surface area contributed by atoms with Gasteiger partial charge < -0.3 is 18.9 Å². The molecule has 2 heterocycles. The van der Waals surface area contributed by atoms with Gasteiger partial charge in [0.15, 0.2) is 18.0 Å². The number of carbonyl (C=O) groups excluding carboxylic acids is 3. The van der Waals surface area contributed by atoms with E-state index in [0.29, 0.717) is 0 Å². The molecule has 120 valence electrons. The van der Waals surface area contributed by atoms with Gasteiger partial charge in [-0.15, -0.1) is 0 Å². The minimum absolute atomic E-state index is 0.162. The molecule has 7 nitrogen and oxygen atoms in total. The molecule has 0 bridgehead atoms. The van der Waals surface area contributed by atoms with E-state index >= 15 is 0 Å². The van der Waals surface area contributed by atoms with Crippen molar-refractivity contribution in [2.24, 2.45) is 0 Å². The van der Waals surface area contributed by atoms with Crippen molar-refractivity contribution in [3.8, 4) is 0 Å². The second kappa shape index (κ2) is 7.33. The predicted molar refractivity (Wildman–Crippen MR) is 73.9 cm³/mol. The fourth-order valence-electron chi connectivity index (χ4n) is 2.40. The Labute approximate surface area is 127 Å². The smallest absolute Gasteiger partial charge is 0.331 e. The van der Waals surface area contributed by atoms with Crippen LogP contribution in [0.15, 0.2) is 24.3 Å². The molecule has 2 saturated heterocycles. The Morgan fingerprint density at radius 3 is 2.09 bits per heavy atom. The van der Waals surface area contributed by atoms with Gasteiger partial charge >= 0.3 is 11.9 Å². The summed E-state index contributed by atoms with van der Waals surface area (Å²) in [7, 11) is 0. The molecule has 2 fully saturated rings. The Morgan fingerprint density at radius 2 is 1.55 bits per heavy atom. The first-order chi connectivity index (χ1) is 10.5. The minimum atomic E-state index is -0.647. The molecular formula is C15H18O7. The van der Waals surface area contributed by atoms with Gasteiger partial charge in [0.2, 0.25) is 0 Å². The largest absolute Gasteiger partial charge is 0.457 e. The number of ketones is 1. The van der Waals surface area contributed by atoms with Crippen molar-refractivity contribution >= 4 is 17.7 Å². The van der Waals surface area contributed by atoms with E-state index in [1.54, 1.807) is 13.0 Å². The van der Waals surface area contributed by atoms with Gasteiger partial charge in [0.05, 0.1) is 13.2 Å². The van der Waals surface area contributed by atoms with Crippen LogP contribution in [-0.2, 0) is 33.3 Å². The van der Waals surface area contributed by atoms with Crippen LogP contribution >= 0.6 is 0 Å². The summed E-state index contributed by atoms with van der Waals surface area (Å²) in [6.07, 6.45) is 3.14. The number of rotatable bonds is 5. The van der Waals surface area contributed by atoms with Crippen LogP contribution in [0.4, 0.5) is 0 Å². The summed E-state index contributed by atoms with van der Waals surface area (Å²) in [6, 6.07) is 0. The van der Waals surface area contributed by atoms with E-state index in [-0.39, 0.29) is 19.0 Å². The zero-order valence-corrected chi connectivity index (χ0v) is 12.4. The monoisotopic (exact) mass is 310 g/mol. The van der Waals surface area contributed by atoms with Crippen LogP contribution in [0.25, 0.3) is 0 Å². The van der Waals surface area contributed by atoms with E-state index in [4.69, 9.17) is 18.9 Å². The highest BCUT2D eigenvalue weighted by molar-refractivity contribution is 6.02. The van der Waals surface area contributed by atoms with Crippen molar-refractivity contribution in [1.82, 2.24) is 0 Å². The highest BCUT2D eigenvalue weighted by Gasteiger charge is 2.50. The van der Waals surface area contributed by atoms with Crippen molar-refractivity contribution in [1.29, 1.82) is 0 Å². The summed E-state index contributed by atoms with van der Waals surface area (Å²) in [6.45, 7) is 3.39. The van der Waals surface area contributed by atoms with Gasteiger partial charge in [0.25, 0.3) is 0 Å². The molecule has 0 aromatic rings. The minimum Gasteiger partial charge on any atom is -0.457 e. The van der Waals surface area contributed by atoms with Crippen LogP contribution in [0, 0.1) is 0 Å². The molecule has 0 aromatic heterocycles. The maximum absolute atomic E-state index is 11.7. The van der Waals surface area contributed by atoms with Crippen molar-refractivity contribution in [2.75, 3.05) is 13.2 Å². The first-order valence-corrected chi connectivity index (χ1v) is 6.97. The fraction of sp³-hybridized carbons (Fsp3) is 0.533. The van der Waals surface area contributed by atoms with Gasteiger partial charge in [-0.3, -0.25) is 9.59 Å². The van der Waals surface area contributed by atoms with Crippen molar-refractivity contribution < 1.29 is 33.3 Å².